The molecule has 0 saturated carbocycles. The van der Waals surface area contributed by atoms with Gasteiger partial charge in [-0.25, -0.2) is 9.37 Å². The average molecular weight is 389 g/mol. The third-order valence-corrected chi connectivity index (χ3v) is 4.01. The molecule has 0 bridgehead atoms. The van der Waals surface area contributed by atoms with Crippen molar-refractivity contribution >= 4 is 28.4 Å². The summed E-state index contributed by atoms with van der Waals surface area (Å²) in [5.74, 6) is 0.118. The van der Waals surface area contributed by atoms with E-state index in [1.807, 2.05) is 22.6 Å². The molecule has 1 aliphatic heterocycles. The van der Waals surface area contributed by atoms with Crippen LogP contribution in [0.5, 0.6) is 0 Å². The van der Waals surface area contributed by atoms with E-state index in [-0.39, 0.29) is 12.4 Å². The summed E-state index contributed by atoms with van der Waals surface area (Å²) in [7, 11) is 0. The van der Waals surface area contributed by atoms with Crippen LogP contribution in [-0.2, 0) is 6.18 Å². The first kappa shape index (κ1) is 14.8. The van der Waals surface area contributed by atoms with Crippen LogP contribution < -0.4 is 10.6 Å². The number of anilines is 1. The Hall–Kier alpha value is -0.640. The number of hydrogen-bond donors (Lipinski definition) is 1. The molecular formula is C11H12F4IN3. The second kappa shape index (κ2) is 5.39. The second-order valence-corrected chi connectivity index (χ2v) is 5.26. The van der Waals surface area contributed by atoms with Crippen molar-refractivity contribution in [2.75, 3.05) is 15.9 Å². The van der Waals surface area contributed by atoms with Crippen LogP contribution in [0.25, 0.3) is 0 Å². The van der Waals surface area contributed by atoms with Crippen LogP contribution in [0.1, 0.15) is 5.56 Å². The van der Waals surface area contributed by atoms with Crippen LogP contribution in [0.3, 0.4) is 0 Å². The van der Waals surface area contributed by atoms with Crippen molar-refractivity contribution in [3.63, 3.8) is 0 Å². The molecule has 1 aromatic heterocycles. The summed E-state index contributed by atoms with van der Waals surface area (Å²) in [6, 6.07) is 0.595. The first-order chi connectivity index (χ1) is 8.84. The zero-order valence-corrected chi connectivity index (χ0v) is 11.9. The fourth-order valence-electron chi connectivity index (χ4n) is 2.10. The first-order valence-corrected chi connectivity index (χ1v) is 7.12. The normalized spacial score (nSPS) is 27.9. The molecule has 0 radical (unpaired) electrons. The van der Waals surface area contributed by atoms with E-state index in [1.165, 1.54) is 4.90 Å². The van der Waals surface area contributed by atoms with Crippen molar-refractivity contribution in [1.29, 1.82) is 0 Å². The highest BCUT2D eigenvalue weighted by molar-refractivity contribution is 14.1. The fraction of sp³-hybridized carbons (Fsp3) is 0.545. The van der Waals surface area contributed by atoms with Crippen molar-refractivity contribution in [2.45, 2.75) is 24.4 Å². The van der Waals surface area contributed by atoms with Gasteiger partial charge in [0.25, 0.3) is 0 Å². The summed E-state index contributed by atoms with van der Waals surface area (Å²) in [4.78, 5) is 5.41. The monoisotopic (exact) mass is 389 g/mol. The highest BCUT2D eigenvalue weighted by atomic mass is 127. The zero-order valence-electron chi connectivity index (χ0n) is 9.74. The quantitative estimate of drug-likeness (QED) is 0.480. The third-order valence-electron chi connectivity index (χ3n) is 3.11. The van der Waals surface area contributed by atoms with Crippen LogP contribution >= 0.6 is 22.6 Å². The fourth-order valence-corrected chi connectivity index (χ4v) is 3.07. The van der Waals surface area contributed by atoms with Gasteiger partial charge < -0.3 is 10.6 Å². The molecule has 2 heterocycles. The Morgan fingerprint density at radius 1 is 1.47 bits per heavy atom. The Morgan fingerprint density at radius 2 is 2.16 bits per heavy atom. The van der Waals surface area contributed by atoms with E-state index in [0.717, 1.165) is 18.3 Å². The summed E-state index contributed by atoms with van der Waals surface area (Å²) in [6.45, 7) is 0.170. The summed E-state index contributed by atoms with van der Waals surface area (Å²) in [6.07, 6.45) is -4.61. The van der Waals surface area contributed by atoms with Crippen molar-refractivity contribution < 1.29 is 17.6 Å². The van der Waals surface area contributed by atoms with Crippen molar-refractivity contribution in [1.82, 2.24) is 4.98 Å². The van der Waals surface area contributed by atoms with E-state index in [4.69, 9.17) is 5.73 Å². The minimum absolute atomic E-state index is 0.118. The van der Waals surface area contributed by atoms with E-state index in [2.05, 4.69) is 4.98 Å². The largest absolute Gasteiger partial charge is 0.416 e. The molecule has 0 aromatic carbocycles. The maximum absolute atomic E-state index is 13.8. The van der Waals surface area contributed by atoms with Gasteiger partial charge in [0.05, 0.1) is 17.6 Å². The molecule has 0 aliphatic carbocycles. The Morgan fingerprint density at radius 3 is 2.74 bits per heavy atom. The van der Waals surface area contributed by atoms with Gasteiger partial charge in [-0.2, -0.15) is 13.2 Å². The molecule has 0 amide bonds. The lowest BCUT2D eigenvalue weighted by molar-refractivity contribution is -0.137. The molecule has 3 nitrogen and oxygen atoms in total. The predicted molar refractivity (Wildman–Crippen MR) is 72.1 cm³/mol. The average Bonchev–Trinajstić information content (AvgIpc) is 2.64. The molecule has 8 heteroatoms. The van der Waals surface area contributed by atoms with Gasteiger partial charge in [-0.3, -0.25) is 0 Å². The molecule has 1 fully saturated rings. The molecule has 1 saturated heterocycles. The maximum Gasteiger partial charge on any atom is 0.416 e. The third kappa shape index (κ3) is 2.93. The van der Waals surface area contributed by atoms with Gasteiger partial charge >= 0.3 is 6.18 Å². The number of pyridine rings is 1. The molecule has 19 heavy (non-hydrogen) atoms. The van der Waals surface area contributed by atoms with E-state index >= 15 is 0 Å². The van der Waals surface area contributed by atoms with Gasteiger partial charge in [0.2, 0.25) is 0 Å². The van der Waals surface area contributed by atoms with Crippen LogP contribution in [0, 0.1) is 0 Å². The lowest BCUT2D eigenvalue weighted by Gasteiger charge is -2.25. The second-order valence-electron chi connectivity index (χ2n) is 4.38. The summed E-state index contributed by atoms with van der Waals surface area (Å²) in [5.41, 5.74) is 4.83. The molecular weight excluding hydrogens is 377 g/mol. The molecule has 2 rings (SSSR count). The van der Waals surface area contributed by atoms with E-state index in [1.54, 1.807) is 0 Å². The number of aromatic nitrogens is 1. The first-order valence-electron chi connectivity index (χ1n) is 5.60. The molecule has 1 unspecified atom stereocenters. The van der Waals surface area contributed by atoms with Crippen molar-refractivity contribution in [3.8, 4) is 0 Å². The zero-order chi connectivity index (χ0) is 14.2. The van der Waals surface area contributed by atoms with Crippen LogP contribution in [-0.4, -0.2) is 34.2 Å². The molecule has 106 valence electrons. The standard InChI is InChI=1S/C11H12F4IN3/c12-10-7(17)5-19(8(10)4-16)9-3-6(1-2-18-9)11(13,14)15/h1-3,7-8,10H,4-5,17H2/t7-,8-,10?/m1/s1. The van der Waals surface area contributed by atoms with Gasteiger partial charge in [0.15, 0.2) is 0 Å². The molecule has 1 aliphatic rings. The summed E-state index contributed by atoms with van der Waals surface area (Å²) < 4.78 is 52.2. The summed E-state index contributed by atoms with van der Waals surface area (Å²) >= 11 is 1.99. The highest BCUT2D eigenvalue weighted by Crippen LogP contribution is 2.33. The molecule has 1 aromatic rings. The van der Waals surface area contributed by atoms with Crippen LogP contribution in [0.2, 0.25) is 0 Å². The Kier molecular flexibility index (Phi) is 4.19. The minimum Gasteiger partial charge on any atom is -0.348 e. The van der Waals surface area contributed by atoms with Crippen molar-refractivity contribution in [2.24, 2.45) is 5.73 Å². The van der Waals surface area contributed by atoms with Gasteiger partial charge in [-0.15, -0.1) is 0 Å². The Balaban J connectivity index is 2.32. The number of nitrogens with two attached hydrogens (primary N) is 1. The number of halogens is 5. The molecule has 3 atom stereocenters. The Labute approximate surface area is 121 Å². The van der Waals surface area contributed by atoms with Crippen molar-refractivity contribution in [3.05, 3.63) is 23.9 Å². The van der Waals surface area contributed by atoms with E-state index < -0.39 is 30.0 Å². The molecule has 0 spiro atoms. The lowest BCUT2D eigenvalue weighted by atomic mass is 10.2. The van der Waals surface area contributed by atoms with Gasteiger partial charge in [0, 0.05) is 17.2 Å². The SMILES string of the molecule is N[C@@H]1CN(c2cc(C(F)(F)F)ccn2)[C@H](CI)C1F. The number of alkyl halides is 5. The Bertz CT molecular complexity index is 454. The van der Waals surface area contributed by atoms with Gasteiger partial charge in [-0.1, -0.05) is 22.6 Å². The number of nitrogens with zero attached hydrogens (tertiary/aromatic N) is 2. The summed E-state index contributed by atoms with van der Waals surface area (Å²) in [5, 5.41) is 0. The highest BCUT2D eigenvalue weighted by Gasteiger charge is 2.41. The van der Waals surface area contributed by atoms with Gasteiger partial charge in [-0.05, 0) is 12.1 Å². The minimum atomic E-state index is -4.44. The van der Waals surface area contributed by atoms with Crippen LogP contribution in [0.4, 0.5) is 23.4 Å². The predicted octanol–water partition coefficient (Wildman–Crippen LogP) is 2.39. The smallest absolute Gasteiger partial charge is 0.348 e. The van der Waals surface area contributed by atoms with E-state index in [0.29, 0.717) is 4.43 Å². The molecule has 2 N–H and O–H groups in total. The topological polar surface area (TPSA) is 42.1 Å². The number of rotatable bonds is 2. The van der Waals surface area contributed by atoms with Gasteiger partial charge in [0.1, 0.15) is 12.0 Å². The maximum atomic E-state index is 13.8. The van der Waals surface area contributed by atoms with E-state index in [9.17, 15) is 17.6 Å². The lowest BCUT2D eigenvalue weighted by Crippen LogP contribution is -2.36. The van der Waals surface area contributed by atoms with Crippen LogP contribution in [0.15, 0.2) is 18.3 Å². The number of hydrogen-bond acceptors (Lipinski definition) is 3.